The van der Waals surface area contributed by atoms with Crippen molar-refractivity contribution in [2.24, 2.45) is 11.8 Å². The maximum atomic E-state index is 12.1. The van der Waals surface area contributed by atoms with Crippen molar-refractivity contribution in [2.75, 3.05) is 25.5 Å². The topological polar surface area (TPSA) is 88.5 Å². The molecule has 2 rings (SSSR count). The molecule has 3 amide bonds. The molecule has 1 aliphatic rings. The van der Waals surface area contributed by atoms with Crippen LogP contribution < -0.4 is 10.6 Å². The molecule has 0 aliphatic heterocycles. The number of anilines is 1. The van der Waals surface area contributed by atoms with Gasteiger partial charge in [-0.05, 0) is 52.4 Å². The van der Waals surface area contributed by atoms with Gasteiger partial charge in [-0.25, -0.2) is 9.59 Å². The van der Waals surface area contributed by atoms with E-state index in [1.807, 2.05) is 38.6 Å². The fourth-order valence-electron chi connectivity index (χ4n) is 2.81. The summed E-state index contributed by atoms with van der Waals surface area (Å²) in [5.74, 6) is 0.792. The Hall–Kier alpha value is -2.25. The number of hydrogen-bond acceptors (Lipinski definition) is 4. The Kier molecular flexibility index (Phi) is 6.73. The van der Waals surface area contributed by atoms with Crippen molar-refractivity contribution in [1.82, 2.24) is 20.0 Å². The van der Waals surface area contributed by atoms with E-state index in [0.29, 0.717) is 30.7 Å². The Bertz CT molecular complexity index is 648. The van der Waals surface area contributed by atoms with Crippen LogP contribution >= 0.6 is 0 Å². The Balaban J connectivity index is 1.70. The molecule has 27 heavy (non-hydrogen) atoms. The zero-order chi connectivity index (χ0) is 20.2. The first kappa shape index (κ1) is 21.1. The molecule has 1 aromatic heterocycles. The number of amides is 3. The smallest absolute Gasteiger partial charge is 0.410 e. The highest BCUT2D eigenvalue weighted by Gasteiger charge is 2.29. The van der Waals surface area contributed by atoms with Gasteiger partial charge >= 0.3 is 12.1 Å². The maximum absolute atomic E-state index is 12.1. The monoisotopic (exact) mass is 379 g/mol. The number of carbonyl (C=O) groups is 2. The lowest BCUT2D eigenvalue weighted by molar-refractivity contribution is 0.0278. The number of nitrogens with one attached hydrogen (secondary N) is 2. The van der Waals surface area contributed by atoms with Crippen LogP contribution in [0.3, 0.4) is 0 Å². The van der Waals surface area contributed by atoms with Gasteiger partial charge < -0.3 is 20.3 Å². The highest BCUT2D eigenvalue weighted by molar-refractivity contribution is 5.88. The second-order valence-electron chi connectivity index (χ2n) is 8.59. The molecule has 8 heteroatoms. The summed E-state index contributed by atoms with van der Waals surface area (Å²) in [6, 6.07) is 0.0902. The zero-order valence-corrected chi connectivity index (χ0v) is 17.3. The van der Waals surface area contributed by atoms with Crippen molar-refractivity contribution < 1.29 is 14.3 Å². The van der Waals surface area contributed by atoms with E-state index in [1.54, 1.807) is 13.2 Å². The predicted octanol–water partition coefficient (Wildman–Crippen LogP) is 3.48. The second-order valence-corrected chi connectivity index (χ2v) is 8.59. The van der Waals surface area contributed by atoms with E-state index in [-0.39, 0.29) is 18.0 Å². The second kappa shape index (κ2) is 8.63. The van der Waals surface area contributed by atoms with Gasteiger partial charge in [0.05, 0.1) is 17.9 Å². The molecule has 2 N–H and O–H groups in total. The van der Waals surface area contributed by atoms with Crippen LogP contribution in [0.5, 0.6) is 0 Å². The molecular formula is C19H33N5O3. The van der Waals surface area contributed by atoms with Gasteiger partial charge in [0, 0.05) is 26.3 Å². The van der Waals surface area contributed by atoms with E-state index in [0.717, 1.165) is 0 Å². The third-order valence-electron chi connectivity index (χ3n) is 4.48. The maximum Gasteiger partial charge on any atom is 0.410 e. The zero-order valence-electron chi connectivity index (χ0n) is 17.3. The van der Waals surface area contributed by atoms with Crippen LogP contribution in [0.15, 0.2) is 12.4 Å². The molecule has 1 heterocycles. The summed E-state index contributed by atoms with van der Waals surface area (Å²) in [5, 5.41) is 9.96. The van der Waals surface area contributed by atoms with E-state index in [4.69, 9.17) is 4.74 Å². The molecule has 1 fully saturated rings. The molecule has 1 aliphatic carbocycles. The molecule has 0 saturated heterocycles. The summed E-state index contributed by atoms with van der Waals surface area (Å²) in [6.07, 6.45) is 5.66. The lowest BCUT2D eigenvalue weighted by Crippen LogP contribution is -2.40. The molecule has 2 atom stereocenters. The summed E-state index contributed by atoms with van der Waals surface area (Å²) in [5.41, 5.74) is 0.160. The summed E-state index contributed by atoms with van der Waals surface area (Å²) < 4.78 is 7.23. The lowest BCUT2D eigenvalue weighted by atomic mass is 10.1. The van der Waals surface area contributed by atoms with Crippen molar-refractivity contribution in [3.8, 4) is 0 Å². The molecule has 0 radical (unpaired) electrons. The Morgan fingerprint density at radius 1 is 1.37 bits per heavy atom. The van der Waals surface area contributed by atoms with Gasteiger partial charge in [0.1, 0.15) is 5.60 Å². The highest BCUT2D eigenvalue weighted by Crippen LogP contribution is 2.39. The van der Waals surface area contributed by atoms with Crippen molar-refractivity contribution in [1.29, 1.82) is 0 Å². The molecule has 1 aromatic rings. The quantitative estimate of drug-likeness (QED) is 0.759. The average molecular weight is 380 g/mol. The van der Waals surface area contributed by atoms with Crippen molar-refractivity contribution in [3.05, 3.63) is 12.4 Å². The van der Waals surface area contributed by atoms with Crippen LogP contribution in [0.2, 0.25) is 0 Å². The average Bonchev–Trinajstić information content (AvgIpc) is 3.30. The molecule has 1 saturated carbocycles. The van der Waals surface area contributed by atoms with Gasteiger partial charge in [0.2, 0.25) is 0 Å². The number of rotatable bonds is 7. The SMILES string of the molecule is CC(CNC(=O)Nc1cnn(C(C)C2CC2)c1)CN(C)C(=O)OC(C)(C)C. The van der Waals surface area contributed by atoms with Gasteiger partial charge in [0.25, 0.3) is 0 Å². The lowest BCUT2D eigenvalue weighted by Gasteiger charge is -2.26. The molecule has 8 nitrogen and oxygen atoms in total. The summed E-state index contributed by atoms with van der Waals surface area (Å²) in [6.45, 7) is 10.6. The number of hydrogen-bond donors (Lipinski definition) is 2. The number of ether oxygens (including phenoxy) is 1. The van der Waals surface area contributed by atoms with E-state index in [2.05, 4.69) is 22.7 Å². The first-order valence-corrected chi connectivity index (χ1v) is 9.58. The van der Waals surface area contributed by atoms with Gasteiger partial charge in [-0.1, -0.05) is 6.92 Å². The summed E-state index contributed by atoms with van der Waals surface area (Å²) in [4.78, 5) is 25.6. The van der Waals surface area contributed by atoms with Gasteiger partial charge in [-0.2, -0.15) is 5.10 Å². The molecule has 152 valence electrons. The highest BCUT2D eigenvalue weighted by atomic mass is 16.6. The number of aromatic nitrogens is 2. The third-order valence-corrected chi connectivity index (χ3v) is 4.48. The van der Waals surface area contributed by atoms with Crippen LogP contribution in [0.4, 0.5) is 15.3 Å². The third kappa shape index (κ3) is 7.11. The fourth-order valence-corrected chi connectivity index (χ4v) is 2.81. The summed E-state index contributed by atoms with van der Waals surface area (Å²) >= 11 is 0. The Morgan fingerprint density at radius 3 is 2.63 bits per heavy atom. The largest absolute Gasteiger partial charge is 0.444 e. The van der Waals surface area contributed by atoms with Gasteiger partial charge in [-0.3, -0.25) is 4.68 Å². The van der Waals surface area contributed by atoms with Gasteiger partial charge in [-0.15, -0.1) is 0 Å². The van der Waals surface area contributed by atoms with E-state index in [9.17, 15) is 9.59 Å². The van der Waals surface area contributed by atoms with Crippen LogP contribution in [-0.2, 0) is 4.74 Å². The minimum absolute atomic E-state index is 0.0888. The number of urea groups is 1. The van der Waals surface area contributed by atoms with E-state index in [1.165, 1.54) is 17.7 Å². The van der Waals surface area contributed by atoms with Crippen LogP contribution in [0.25, 0.3) is 0 Å². The Labute approximate surface area is 161 Å². The first-order chi connectivity index (χ1) is 12.5. The van der Waals surface area contributed by atoms with Crippen LogP contribution in [0, 0.1) is 11.8 Å². The molecule has 0 aromatic carbocycles. The van der Waals surface area contributed by atoms with Gasteiger partial charge in [0.15, 0.2) is 0 Å². The molecule has 0 bridgehead atoms. The van der Waals surface area contributed by atoms with Crippen molar-refractivity contribution >= 4 is 17.8 Å². The first-order valence-electron chi connectivity index (χ1n) is 9.58. The molecule has 2 unspecified atom stereocenters. The van der Waals surface area contributed by atoms with Crippen molar-refractivity contribution in [3.63, 3.8) is 0 Å². The Morgan fingerprint density at radius 2 is 2.04 bits per heavy atom. The number of carbonyl (C=O) groups excluding carboxylic acids is 2. The van der Waals surface area contributed by atoms with E-state index >= 15 is 0 Å². The minimum Gasteiger partial charge on any atom is -0.444 e. The van der Waals surface area contributed by atoms with Crippen LogP contribution in [0.1, 0.15) is 53.5 Å². The molecule has 0 spiro atoms. The van der Waals surface area contributed by atoms with Crippen molar-refractivity contribution in [2.45, 2.75) is 59.1 Å². The predicted molar refractivity (Wildman–Crippen MR) is 105 cm³/mol. The van der Waals surface area contributed by atoms with E-state index < -0.39 is 5.60 Å². The summed E-state index contributed by atoms with van der Waals surface area (Å²) in [7, 11) is 1.69. The molecular weight excluding hydrogens is 346 g/mol. The van der Waals surface area contributed by atoms with Crippen LogP contribution in [-0.4, -0.2) is 52.5 Å². The standard InChI is InChI=1S/C19H33N5O3/c1-13(11-23(6)18(26)27-19(3,4)5)9-20-17(25)22-16-10-21-24(12-16)14(2)15-7-8-15/h10,12-15H,7-9,11H2,1-6H3,(H2,20,22,25). The minimum atomic E-state index is -0.520. The fraction of sp³-hybridized carbons (Fsp3) is 0.737. The normalized spacial score (nSPS) is 16.4. The number of nitrogens with zero attached hydrogens (tertiary/aromatic N) is 3.